The van der Waals surface area contributed by atoms with Crippen molar-refractivity contribution >= 4 is 18.0 Å². The molecule has 0 aromatic carbocycles. The molecule has 1 atom stereocenters. The van der Waals surface area contributed by atoms with Crippen LogP contribution in [0.3, 0.4) is 0 Å². The Morgan fingerprint density at radius 2 is 1.97 bits per heavy atom. The average molecular weight is 417 g/mol. The minimum Gasteiger partial charge on any atom is -0.444 e. The lowest BCUT2D eigenvalue weighted by molar-refractivity contribution is 0.0196. The molecule has 1 aromatic rings. The maximum atomic E-state index is 12.6. The first kappa shape index (κ1) is 20.9. The molecule has 8 nitrogen and oxygen atoms in total. The molecule has 0 unspecified atom stereocenters. The van der Waals surface area contributed by atoms with Gasteiger partial charge in [-0.15, -0.1) is 0 Å². The first-order valence-electron chi connectivity index (χ1n) is 11.1. The molecule has 3 fully saturated rings. The number of anilines is 1. The number of hydrogen-bond acceptors (Lipinski definition) is 6. The summed E-state index contributed by atoms with van der Waals surface area (Å²) in [6.45, 7) is 7.38. The number of carbonyl (C=O) groups excluding carboxylic acids is 2. The third-order valence-corrected chi connectivity index (χ3v) is 6.14. The highest BCUT2D eigenvalue weighted by Crippen LogP contribution is 2.38. The summed E-state index contributed by atoms with van der Waals surface area (Å²) in [5.74, 6) is 0.607. The van der Waals surface area contributed by atoms with Gasteiger partial charge in [0.25, 0.3) is 0 Å². The van der Waals surface area contributed by atoms with Crippen LogP contribution in [0.2, 0.25) is 0 Å². The molecule has 0 bridgehead atoms. The molecular weight excluding hydrogens is 384 g/mol. The number of aromatic nitrogens is 2. The lowest BCUT2D eigenvalue weighted by Gasteiger charge is -2.34. The third-order valence-electron chi connectivity index (χ3n) is 6.14. The zero-order valence-electron chi connectivity index (χ0n) is 18.2. The van der Waals surface area contributed by atoms with Gasteiger partial charge in [0.05, 0.1) is 18.4 Å². The average Bonchev–Trinajstić information content (AvgIpc) is 3.03. The molecule has 0 N–H and O–H groups in total. The summed E-state index contributed by atoms with van der Waals surface area (Å²) in [5.41, 5.74) is -0.0847. The molecule has 4 rings (SSSR count). The Morgan fingerprint density at radius 1 is 1.20 bits per heavy atom. The van der Waals surface area contributed by atoms with Crippen LogP contribution >= 0.6 is 0 Å². The van der Waals surface area contributed by atoms with Crippen LogP contribution in [-0.4, -0.2) is 57.9 Å². The molecule has 8 heteroatoms. The van der Waals surface area contributed by atoms with Crippen LogP contribution in [0, 0.1) is 0 Å². The molecule has 3 aliphatic rings. The Bertz CT molecular complexity index is 801. The summed E-state index contributed by atoms with van der Waals surface area (Å²) in [6.07, 6.45) is 9.75. The van der Waals surface area contributed by atoms with Crippen molar-refractivity contribution < 1.29 is 19.1 Å². The van der Waals surface area contributed by atoms with Gasteiger partial charge in [0, 0.05) is 25.2 Å². The van der Waals surface area contributed by atoms with E-state index < -0.39 is 5.60 Å². The van der Waals surface area contributed by atoms with Gasteiger partial charge in [0.15, 0.2) is 5.82 Å². The maximum Gasteiger partial charge on any atom is 0.416 e. The number of hydrogen-bond donors (Lipinski definition) is 0. The number of piperidine rings is 1. The van der Waals surface area contributed by atoms with Gasteiger partial charge in [-0.2, -0.15) is 0 Å². The topological polar surface area (TPSA) is 84.9 Å². The van der Waals surface area contributed by atoms with Crippen LogP contribution in [0.5, 0.6) is 0 Å². The molecule has 0 radical (unpaired) electrons. The fourth-order valence-electron chi connectivity index (χ4n) is 4.66. The summed E-state index contributed by atoms with van der Waals surface area (Å²) in [5, 5.41) is 0. The van der Waals surface area contributed by atoms with Crippen molar-refractivity contribution in [2.24, 2.45) is 0 Å². The third kappa shape index (κ3) is 4.52. The Kier molecular flexibility index (Phi) is 5.59. The molecule has 2 saturated heterocycles. The number of amides is 2. The van der Waals surface area contributed by atoms with Gasteiger partial charge in [-0.05, 0) is 59.3 Å². The molecule has 3 heterocycles. The van der Waals surface area contributed by atoms with Crippen LogP contribution < -0.4 is 4.90 Å². The molecule has 1 spiro atoms. The first-order valence-corrected chi connectivity index (χ1v) is 11.1. The first-order chi connectivity index (χ1) is 14.2. The largest absolute Gasteiger partial charge is 0.444 e. The molecule has 2 aliphatic heterocycles. The molecular formula is C22H32N4O4. The number of nitrogens with zero attached hydrogens (tertiary/aromatic N) is 4. The van der Waals surface area contributed by atoms with Crippen LogP contribution in [-0.2, 0) is 9.47 Å². The SMILES string of the molecule is CC(C)(C)OC(=O)N1CCC[C@@H](c2cncc(N3CC4(CCCCC4)OC3=O)n2)C1. The van der Waals surface area contributed by atoms with Crippen molar-refractivity contribution in [3.05, 3.63) is 18.1 Å². The predicted octanol–water partition coefficient (Wildman–Crippen LogP) is 4.25. The van der Waals surface area contributed by atoms with E-state index in [1.165, 1.54) is 6.42 Å². The highest BCUT2D eigenvalue weighted by molar-refractivity contribution is 5.89. The minimum absolute atomic E-state index is 0.0704. The van der Waals surface area contributed by atoms with Crippen LogP contribution in [0.25, 0.3) is 0 Å². The van der Waals surface area contributed by atoms with E-state index in [0.29, 0.717) is 25.5 Å². The molecule has 1 aliphatic carbocycles. The molecule has 164 valence electrons. The number of rotatable bonds is 2. The van der Waals surface area contributed by atoms with E-state index in [9.17, 15) is 9.59 Å². The van der Waals surface area contributed by atoms with Gasteiger partial charge in [-0.1, -0.05) is 6.42 Å². The number of carbonyl (C=O) groups is 2. The van der Waals surface area contributed by atoms with Gasteiger partial charge >= 0.3 is 12.2 Å². The van der Waals surface area contributed by atoms with E-state index in [1.807, 2.05) is 20.8 Å². The van der Waals surface area contributed by atoms with E-state index in [-0.39, 0.29) is 23.7 Å². The number of likely N-dealkylation sites (tertiary alicyclic amines) is 1. The van der Waals surface area contributed by atoms with Crippen molar-refractivity contribution in [2.75, 3.05) is 24.5 Å². The van der Waals surface area contributed by atoms with E-state index in [1.54, 1.807) is 22.2 Å². The summed E-state index contributed by atoms with van der Waals surface area (Å²) in [4.78, 5) is 37.5. The van der Waals surface area contributed by atoms with Gasteiger partial charge in [0.1, 0.15) is 11.2 Å². The normalized spacial score (nSPS) is 24.1. The second kappa shape index (κ2) is 8.04. The minimum atomic E-state index is -0.519. The smallest absolute Gasteiger partial charge is 0.416 e. The molecule has 30 heavy (non-hydrogen) atoms. The zero-order valence-corrected chi connectivity index (χ0v) is 18.2. The van der Waals surface area contributed by atoms with Crippen molar-refractivity contribution in [1.82, 2.24) is 14.9 Å². The molecule has 2 amide bonds. The van der Waals surface area contributed by atoms with E-state index in [0.717, 1.165) is 44.2 Å². The fraction of sp³-hybridized carbons (Fsp3) is 0.727. The Hall–Kier alpha value is -2.38. The molecule has 1 saturated carbocycles. The van der Waals surface area contributed by atoms with Crippen LogP contribution in [0.4, 0.5) is 15.4 Å². The summed E-state index contributed by atoms with van der Waals surface area (Å²) in [7, 11) is 0. The van der Waals surface area contributed by atoms with Crippen LogP contribution in [0.15, 0.2) is 12.4 Å². The second-order valence-corrected chi connectivity index (χ2v) is 9.77. The molecule has 1 aromatic heterocycles. The summed E-state index contributed by atoms with van der Waals surface area (Å²) in [6, 6.07) is 0. The van der Waals surface area contributed by atoms with Gasteiger partial charge in [-0.3, -0.25) is 9.88 Å². The monoisotopic (exact) mass is 416 g/mol. The van der Waals surface area contributed by atoms with Crippen molar-refractivity contribution in [3.8, 4) is 0 Å². The quantitative estimate of drug-likeness (QED) is 0.716. The van der Waals surface area contributed by atoms with Crippen molar-refractivity contribution in [1.29, 1.82) is 0 Å². The summed E-state index contributed by atoms with van der Waals surface area (Å²) < 4.78 is 11.3. The highest BCUT2D eigenvalue weighted by atomic mass is 16.6. The second-order valence-electron chi connectivity index (χ2n) is 9.77. The number of ether oxygens (including phenoxy) is 2. The lowest BCUT2D eigenvalue weighted by atomic mass is 9.85. The zero-order chi connectivity index (χ0) is 21.4. The maximum absolute atomic E-state index is 12.6. The Balaban J connectivity index is 1.47. The van der Waals surface area contributed by atoms with Gasteiger partial charge in [-0.25, -0.2) is 14.6 Å². The fourth-order valence-corrected chi connectivity index (χ4v) is 4.66. The highest BCUT2D eigenvalue weighted by Gasteiger charge is 2.46. The lowest BCUT2D eigenvalue weighted by Crippen LogP contribution is -2.42. The summed E-state index contributed by atoms with van der Waals surface area (Å²) >= 11 is 0. The predicted molar refractivity (Wildman–Crippen MR) is 111 cm³/mol. The van der Waals surface area contributed by atoms with Gasteiger partial charge < -0.3 is 14.4 Å². The van der Waals surface area contributed by atoms with Crippen LogP contribution in [0.1, 0.15) is 77.3 Å². The van der Waals surface area contributed by atoms with Gasteiger partial charge in [0.2, 0.25) is 0 Å². The van der Waals surface area contributed by atoms with E-state index >= 15 is 0 Å². The van der Waals surface area contributed by atoms with Crippen molar-refractivity contribution in [2.45, 2.75) is 82.8 Å². The van der Waals surface area contributed by atoms with E-state index in [2.05, 4.69) is 4.98 Å². The van der Waals surface area contributed by atoms with E-state index in [4.69, 9.17) is 14.5 Å². The standard InChI is InChI=1S/C22H32N4O4/c1-21(2,3)29-19(27)25-11-7-8-16(14-25)17-12-23-13-18(24-17)26-15-22(30-20(26)28)9-5-4-6-10-22/h12-13,16H,4-11,14-15H2,1-3H3/t16-/m1/s1. The van der Waals surface area contributed by atoms with Crippen molar-refractivity contribution in [3.63, 3.8) is 0 Å². The Morgan fingerprint density at radius 3 is 2.70 bits per heavy atom. The Labute approximate surface area is 177 Å².